The number of anilines is 2. The summed E-state index contributed by atoms with van der Waals surface area (Å²) in [5, 5.41) is 4.65. The van der Waals surface area contributed by atoms with Gasteiger partial charge in [0.2, 0.25) is 5.91 Å². The van der Waals surface area contributed by atoms with Gasteiger partial charge in [-0.05, 0) is 48.9 Å². The highest BCUT2D eigenvalue weighted by Gasteiger charge is 2.18. The van der Waals surface area contributed by atoms with Gasteiger partial charge in [0.05, 0.1) is 11.4 Å². The second-order valence-electron chi connectivity index (χ2n) is 5.36. The van der Waals surface area contributed by atoms with Gasteiger partial charge >= 0.3 is 6.03 Å². The highest BCUT2D eigenvalue weighted by atomic mass is 79.9. The number of primary amides is 1. The Kier molecular flexibility index (Phi) is 6.22. The van der Waals surface area contributed by atoms with Crippen LogP contribution in [0.5, 0.6) is 0 Å². The minimum Gasteiger partial charge on any atom is -0.352 e. The molecule has 0 radical (unpaired) electrons. The smallest absolute Gasteiger partial charge is 0.312 e. The number of urea groups is 1. The molecule has 0 spiro atoms. The Bertz CT molecular complexity index is 930. The van der Waals surface area contributed by atoms with Crippen LogP contribution in [0.4, 0.5) is 16.2 Å². The molecule has 2 rings (SSSR count). The average Bonchev–Trinajstić information content (AvgIpc) is 2.56. The number of carbonyl (C=O) groups is 2. The van der Waals surface area contributed by atoms with E-state index in [4.69, 9.17) is 5.73 Å². The molecule has 0 bridgehead atoms. The first kappa shape index (κ1) is 19.7. The zero-order chi connectivity index (χ0) is 19.3. The van der Waals surface area contributed by atoms with Crippen molar-refractivity contribution in [3.8, 4) is 0 Å². The largest absolute Gasteiger partial charge is 0.352 e. The van der Waals surface area contributed by atoms with Crippen LogP contribution >= 0.6 is 15.9 Å². The Labute approximate surface area is 159 Å². The molecule has 2 aromatic rings. The molecule has 0 saturated heterocycles. The Hall–Kier alpha value is -2.59. The fourth-order valence-corrected chi connectivity index (χ4v) is 3.66. The Morgan fingerprint density at radius 3 is 2.31 bits per heavy atom. The van der Waals surface area contributed by atoms with Gasteiger partial charge < -0.3 is 16.4 Å². The summed E-state index contributed by atoms with van der Waals surface area (Å²) >= 11 is 3.28. The predicted octanol–water partition coefficient (Wildman–Crippen LogP) is 2.17. The molecule has 0 heterocycles. The van der Waals surface area contributed by atoms with E-state index < -0.39 is 22.0 Å². The first-order valence-corrected chi connectivity index (χ1v) is 9.67. The number of sulfonamides is 1. The van der Waals surface area contributed by atoms with Gasteiger partial charge in [0.1, 0.15) is 0 Å². The highest BCUT2D eigenvalue weighted by molar-refractivity contribution is 9.10. The van der Waals surface area contributed by atoms with E-state index in [-0.39, 0.29) is 17.1 Å². The van der Waals surface area contributed by atoms with Crippen LogP contribution in [-0.2, 0) is 14.8 Å². The van der Waals surface area contributed by atoms with E-state index in [0.717, 1.165) is 4.47 Å². The summed E-state index contributed by atoms with van der Waals surface area (Å²) in [5.41, 5.74) is 6.10. The number of halogens is 1. The molecule has 0 atom stereocenters. The second kappa shape index (κ2) is 8.19. The molecule has 8 nitrogen and oxygen atoms in total. The van der Waals surface area contributed by atoms with E-state index in [9.17, 15) is 18.0 Å². The van der Waals surface area contributed by atoms with Crippen molar-refractivity contribution >= 4 is 49.3 Å². The van der Waals surface area contributed by atoms with Gasteiger partial charge in [0, 0.05) is 15.8 Å². The van der Waals surface area contributed by atoms with Gasteiger partial charge in [-0.25, -0.2) is 13.2 Å². The third-order valence-electron chi connectivity index (χ3n) is 3.28. The van der Waals surface area contributed by atoms with Gasteiger partial charge in [0.15, 0.2) is 0 Å². The maximum Gasteiger partial charge on any atom is 0.312 e. The summed E-state index contributed by atoms with van der Waals surface area (Å²) < 4.78 is 28.6. The molecule has 2 aromatic carbocycles. The predicted molar refractivity (Wildman–Crippen MR) is 102 cm³/mol. The Morgan fingerprint density at radius 1 is 1.08 bits per heavy atom. The van der Waals surface area contributed by atoms with Crippen molar-refractivity contribution in [2.24, 2.45) is 5.73 Å². The summed E-state index contributed by atoms with van der Waals surface area (Å²) in [6, 6.07) is 10.3. The number of nitrogens with two attached hydrogens (primary N) is 1. The third kappa shape index (κ3) is 5.46. The average molecular weight is 441 g/mol. The van der Waals surface area contributed by atoms with Gasteiger partial charge in [-0.3, -0.25) is 9.52 Å². The summed E-state index contributed by atoms with van der Waals surface area (Å²) in [6.07, 6.45) is 0. The number of benzene rings is 2. The van der Waals surface area contributed by atoms with Crippen LogP contribution in [-0.4, -0.2) is 26.9 Å². The van der Waals surface area contributed by atoms with Gasteiger partial charge in [-0.1, -0.05) is 22.0 Å². The molecule has 3 amide bonds. The lowest BCUT2D eigenvalue weighted by molar-refractivity contribution is -0.115. The van der Waals surface area contributed by atoms with E-state index >= 15 is 0 Å². The van der Waals surface area contributed by atoms with Crippen LogP contribution in [0.25, 0.3) is 0 Å². The maximum atomic E-state index is 12.7. The highest BCUT2D eigenvalue weighted by Crippen LogP contribution is 2.23. The van der Waals surface area contributed by atoms with Crippen molar-refractivity contribution < 1.29 is 18.0 Å². The van der Waals surface area contributed by atoms with E-state index in [1.165, 1.54) is 6.07 Å². The number of hydrogen-bond donors (Lipinski definition) is 4. The van der Waals surface area contributed by atoms with Crippen molar-refractivity contribution in [3.05, 3.63) is 52.5 Å². The third-order valence-corrected chi connectivity index (χ3v) is 5.33. The second-order valence-corrected chi connectivity index (χ2v) is 7.93. The normalized spacial score (nSPS) is 10.8. The number of aryl methyl sites for hydroxylation is 1. The number of nitrogens with one attached hydrogen (secondary N) is 3. The minimum absolute atomic E-state index is 0.0288. The molecule has 0 unspecified atom stereocenters. The first-order valence-electron chi connectivity index (χ1n) is 7.39. The molecular weight excluding hydrogens is 424 g/mol. The first-order chi connectivity index (χ1) is 12.2. The van der Waals surface area contributed by atoms with Crippen molar-refractivity contribution in [2.45, 2.75) is 11.8 Å². The summed E-state index contributed by atoms with van der Waals surface area (Å²) in [5.74, 6) is -0.531. The molecule has 0 saturated carbocycles. The lowest BCUT2D eigenvalue weighted by Crippen LogP contribution is -2.36. The van der Waals surface area contributed by atoms with Crippen LogP contribution in [0, 0.1) is 6.92 Å². The van der Waals surface area contributed by atoms with E-state index in [1.807, 2.05) is 0 Å². The topological polar surface area (TPSA) is 130 Å². The number of rotatable bonds is 6. The van der Waals surface area contributed by atoms with Crippen molar-refractivity contribution in [3.63, 3.8) is 0 Å². The van der Waals surface area contributed by atoms with Crippen molar-refractivity contribution in [2.75, 3.05) is 16.6 Å². The fourth-order valence-electron chi connectivity index (χ4n) is 2.07. The zero-order valence-electron chi connectivity index (χ0n) is 13.7. The lowest BCUT2D eigenvalue weighted by Gasteiger charge is -2.13. The van der Waals surface area contributed by atoms with Crippen molar-refractivity contribution in [1.29, 1.82) is 0 Å². The Morgan fingerprint density at radius 2 is 1.69 bits per heavy atom. The number of amides is 3. The van der Waals surface area contributed by atoms with Crippen LogP contribution in [0.2, 0.25) is 0 Å². The van der Waals surface area contributed by atoms with E-state index in [0.29, 0.717) is 11.3 Å². The summed E-state index contributed by atoms with van der Waals surface area (Å²) in [7, 11) is -3.85. The molecule has 26 heavy (non-hydrogen) atoms. The molecule has 0 aromatic heterocycles. The fraction of sp³-hybridized carbons (Fsp3) is 0.125. The van der Waals surface area contributed by atoms with Gasteiger partial charge in [-0.2, -0.15) is 0 Å². The van der Waals surface area contributed by atoms with Gasteiger partial charge in [0.25, 0.3) is 10.0 Å². The molecule has 0 aliphatic rings. The maximum absolute atomic E-state index is 12.7. The summed E-state index contributed by atoms with van der Waals surface area (Å²) in [6.45, 7) is 1.33. The number of hydrogen-bond acceptors (Lipinski definition) is 4. The van der Waals surface area contributed by atoms with Crippen LogP contribution in [0.3, 0.4) is 0 Å². The van der Waals surface area contributed by atoms with Gasteiger partial charge in [-0.15, -0.1) is 0 Å². The van der Waals surface area contributed by atoms with Crippen LogP contribution in [0.15, 0.2) is 51.8 Å². The lowest BCUT2D eigenvalue weighted by atomic mass is 10.2. The van der Waals surface area contributed by atoms with Crippen molar-refractivity contribution in [1.82, 2.24) is 5.32 Å². The molecule has 0 fully saturated rings. The molecule has 0 aliphatic carbocycles. The quantitative estimate of drug-likeness (QED) is 0.547. The van der Waals surface area contributed by atoms with E-state index in [2.05, 4.69) is 31.3 Å². The molecule has 138 valence electrons. The molecule has 5 N–H and O–H groups in total. The monoisotopic (exact) mass is 440 g/mol. The molecular formula is C16H17BrN4O4S. The van der Waals surface area contributed by atoms with Crippen LogP contribution < -0.4 is 21.1 Å². The zero-order valence-corrected chi connectivity index (χ0v) is 16.1. The number of carbonyl (C=O) groups excluding carboxylic acids is 2. The van der Waals surface area contributed by atoms with E-state index in [1.54, 1.807) is 43.3 Å². The van der Waals surface area contributed by atoms with Crippen LogP contribution in [0.1, 0.15) is 5.56 Å². The molecule has 0 aliphatic heterocycles. The standard InChI is InChI=1S/C16H17BrN4O4S/c1-10-2-5-13(20-15(22)9-19-16(18)23)8-14(10)26(24,25)21-12-6-3-11(17)4-7-12/h2-8,21H,9H2,1H3,(H,20,22)(H3,18,19,23). The summed E-state index contributed by atoms with van der Waals surface area (Å²) in [4.78, 5) is 22.4. The SMILES string of the molecule is Cc1ccc(NC(=O)CNC(N)=O)cc1S(=O)(=O)Nc1ccc(Br)cc1. The molecule has 10 heteroatoms. The Balaban J connectivity index is 2.21. The minimum atomic E-state index is -3.85.